The maximum atomic E-state index is 12.4. The lowest BCUT2D eigenvalue weighted by Crippen LogP contribution is -2.24. The molecule has 0 aliphatic carbocycles. The molecule has 1 amide bonds. The first-order valence-corrected chi connectivity index (χ1v) is 9.92. The third-order valence-corrected chi connectivity index (χ3v) is 5.34. The van der Waals surface area contributed by atoms with E-state index in [1.54, 1.807) is 10.9 Å². The molecule has 0 bridgehead atoms. The molecule has 0 saturated heterocycles. The number of nitrogens with one attached hydrogen (secondary N) is 1. The molecular formula is C18H17ClN4O3S. The fraction of sp³-hybridized carbons (Fsp3) is 0.111. The van der Waals surface area contributed by atoms with Crippen LogP contribution in [0.25, 0.3) is 0 Å². The number of hydrogen-bond acceptors (Lipinski definition) is 4. The zero-order chi connectivity index (χ0) is 19.4. The number of carbonyl (C=O) groups is 1. The Kier molecular flexibility index (Phi) is 5.59. The minimum absolute atomic E-state index is 0.0291. The van der Waals surface area contributed by atoms with Gasteiger partial charge in [0.1, 0.15) is 4.90 Å². The van der Waals surface area contributed by atoms with E-state index in [4.69, 9.17) is 16.7 Å². The van der Waals surface area contributed by atoms with Crippen molar-refractivity contribution in [1.82, 2.24) is 15.1 Å². The van der Waals surface area contributed by atoms with Gasteiger partial charge in [0.05, 0.1) is 11.6 Å². The molecule has 0 saturated carbocycles. The largest absolute Gasteiger partial charge is 0.348 e. The third kappa shape index (κ3) is 4.73. The smallest absolute Gasteiger partial charge is 0.251 e. The minimum atomic E-state index is -4.01. The van der Waals surface area contributed by atoms with Gasteiger partial charge >= 0.3 is 0 Å². The molecular weight excluding hydrogens is 388 g/mol. The van der Waals surface area contributed by atoms with Gasteiger partial charge in [-0.3, -0.25) is 9.48 Å². The van der Waals surface area contributed by atoms with Crippen LogP contribution in [0, 0.1) is 0 Å². The number of rotatable bonds is 6. The molecule has 1 aromatic heterocycles. The number of hydrogen-bond donors (Lipinski definition) is 2. The monoisotopic (exact) mass is 404 g/mol. The maximum Gasteiger partial charge on any atom is 0.251 e. The fourth-order valence-electron chi connectivity index (χ4n) is 2.59. The second-order valence-electron chi connectivity index (χ2n) is 5.85. The van der Waals surface area contributed by atoms with Gasteiger partial charge in [-0.25, -0.2) is 13.6 Å². The second-order valence-corrected chi connectivity index (χ2v) is 7.78. The van der Waals surface area contributed by atoms with E-state index in [1.807, 2.05) is 36.5 Å². The van der Waals surface area contributed by atoms with Crippen LogP contribution >= 0.6 is 11.6 Å². The Bertz CT molecular complexity index is 1070. The van der Waals surface area contributed by atoms with Crippen LogP contribution < -0.4 is 10.5 Å². The average Bonchev–Trinajstić information content (AvgIpc) is 3.13. The minimum Gasteiger partial charge on any atom is -0.348 e. The van der Waals surface area contributed by atoms with Crippen LogP contribution in [0.5, 0.6) is 0 Å². The van der Waals surface area contributed by atoms with Crippen LogP contribution in [-0.2, 0) is 23.1 Å². The normalized spacial score (nSPS) is 11.3. The third-order valence-electron chi connectivity index (χ3n) is 3.95. The summed E-state index contributed by atoms with van der Waals surface area (Å²) in [4.78, 5) is 12.1. The summed E-state index contributed by atoms with van der Waals surface area (Å²) in [6.45, 7) is 0.860. The van der Waals surface area contributed by atoms with Gasteiger partial charge < -0.3 is 5.32 Å². The van der Waals surface area contributed by atoms with E-state index in [2.05, 4.69) is 10.4 Å². The van der Waals surface area contributed by atoms with Gasteiger partial charge in [0.15, 0.2) is 0 Å². The molecule has 3 aromatic rings. The van der Waals surface area contributed by atoms with Crippen molar-refractivity contribution in [3.8, 4) is 0 Å². The molecule has 3 rings (SSSR count). The van der Waals surface area contributed by atoms with Gasteiger partial charge in [-0.05, 0) is 35.4 Å². The number of carbonyl (C=O) groups excluding carboxylic acids is 1. The molecule has 3 N–H and O–H groups in total. The number of amides is 1. The lowest BCUT2D eigenvalue weighted by atomic mass is 10.1. The SMILES string of the molecule is NS(=O)(=O)c1cc(C(=O)NCc2ccccc2Cn2cccn2)ccc1Cl. The molecule has 0 aliphatic heterocycles. The predicted octanol–water partition coefficient (Wildman–Crippen LogP) is 2.16. The van der Waals surface area contributed by atoms with E-state index < -0.39 is 15.9 Å². The molecule has 2 aromatic carbocycles. The molecule has 0 aliphatic rings. The Morgan fingerprint density at radius 3 is 2.56 bits per heavy atom. The van der Waals surface area contributed by atoms with E-state index in [1.165, 1.54) is 18.2 Å². The Morgan fingerprint density at radius 2 is 1.89 bits per heavy atom. The Morgan fingerprint density at radius 1 is 1.15 bits per heavy atom. The van der Waals surface area contributed by atoms with Crippen LogP contribution in [0.1, 0.15) is 21.5 Å². The molecule has 7 nitrogen and oxygen atoms in total. The zero-order valence-electron chi connectivity index (χ0n) is 14.2. The number of nitrogens with two attached hydrogens (primary N) is 1. The number of halogens is 1. The van der Waals surface area contributed by atoms with Gasteiger partial charge in [0.25, 0.3) is 5.91 Å². The highest BCUT2D eigenvalue weighted by atomic mass is 35.5. The molecule has 9 heteroatoms. The summed E-state index contributed by atoms with van der Waals surface area (Å²) in [5.41, 5.74) is 2.11. The van der Waals surface area contributed by atoms with Gasteiger partial charge in [-0.2, -0.15) is 5.10 Å². The molecule has 27 heavy (non-hydrogen) atoms. The number of nitrogens with zero attached hydrogens (tertiary/aromatic N) is 2. The van der Waals surface area contributed by atoms with E-state index in [-0.39, 0.29) is 22.0 Å². The summed E-state index contributed by atoms with van der Waals surface area (Å²) in [6, 6.07) is 13.5. The fourth-order valence-corrected chi connectivity index (χ4v) is 3.66. The van der Waals surface area contributed by atoms with Crippen molar-refractivity contribution in [1.29, 1.82) is 0 Å². The molecule has 140 valence electrons. The van der Waals surface area contributed by atoms with E-state index in [0.717, 1.165) is 11.1 Å². The van der Waals surface area contributed by atoms with Crippen molar-refractivity contribution in [3.63, 3.8) is 0 Å². The summed E-state index contributed by atoms with van der Waals surface area (Å²) in [5, 5.41) is 12.1. The van der Waals surface area contributed by atoms with Crippen LogP contribution in [0.4, 0.5) is 0 Å². The predicted molar refractivity (Wildman–Crippen MR) is 102 cm³/mol. The van der Waals surface area contributed by atoms with Gasteiger partial charge in [0, 0.05) is 24.5 Å². The number of benzene rings is 2. The number of aromatic nitrogens is 2. The first-order valence-electron chi connectivity index (χ1n) is 7.99. The summed E-state index contributed by atoms with van der Waals surface area (Å²) in [7, 11) is -4.01. The molecule has 0 fully saturated rings. The van der Waals surface area contributed by atoms with Crippen molar-refractivity contribution in [3.05, 3.63) is 82.6 Å². The summed E-state index contributed by atoms with van der Waals surface area (Å²) in [6.07, 6.45) is 3.56. The number of sulfonamides is 1. The lowest BCUT2D eigenvalue weighted by Gasteiger charge is -2.12. The first kappa shape index (κ1) is 19.1. The van der Waals surface area contributed by atoms with Crippen LogP contribution in [0.15, 0.2) is 65.8 Å². The molecule has 0 spiro atoms. The van der Waals surface area contributed by atoms with Crippen LogP contribution in [0.3, 0.4) is 0 Å². The zero-order valence-corrected chi connectivity index (χ0v) is 15.7. The van der Waals surface area contributed by atoms with E-state index in [9.17, 15) is 13.2 Å². The lowest BCUT2D eigenvalue weighted by molar-refractivity contribution is 0.0950. The topological polar surface area (TPSA) is 107 Å². The molecule has 0 unspecified atom stereocenters. The summed E-state index contributed by atoms with van der Waals surface area (Å²) >= 11 is 5.85. The highest BCUT2D eigenvalue weighted by Gasteiger charge is 2.16. The maximum absolute atomic E-state index is 12.4. The van der Waals surface area contributed by atoms with E-state index in [0.29, 0.717) is 6.54 Å². The Labute approximate surface area is 161 Å². The van der Waals surface area contributed by atoms with Crippen molar-refractivity contribution < 1.29 is 13.2 Å². The van der Waals surface area contributed by atoms with Crippen molar-refractivity contribution >= 4 is 27.5 Å². The first-order chi connectivity index (χ1) is 12.8. The van der Waals surface area contributed by atoms with E-state index >= 15 is 0 Å². The van der Waals surface area contributed by atoms with Crippen molar-refractivity contribution in [2.45, 2.75) is 18.0 Å². The number of primary sulfonamides is 1. The standard InChI is InChI=1S/C18H17ClN4O3S/c19-16-7-6-13(10-17(16)27(20,25)26)18(24)21-11-14-4-1-2-5-15(14)12-23-9-3-8-22-23/h1-10H,11-12H2,(H,21,24)(H2,20,25,26). The van der Waals surface area contributed by atoms with Crippen LogP contribution in [0.2, 0.25) is 5.02 Å². The van der Waals surface area contributed by atoms with Gasteiger partial charge in [-0.15, -0.1) is 0 Å². The second kappa shape index (κ2) is 7.91. The van der Waals surface area contributed by atoms with Crippen molar-refractivity contribution in [2.24, 2.45) is 5.14 Å². The highest BCUT2D eigenvalue weighted by molar-refractivity contribution is 7.89. The molecule has 0 atom stereocenters. The Balaban J connectivity index is 1.75. The summed E-state index contributed by atoms with van der Waals surface area (Å²) in [5.74, 6) is -0.426. The quantitative estimate of drug-likeness (QED) is 0.656. The van der Waals surface area contributed by atoms with Crippen molar-refractivity contribution in [2.75, 3.05) is 0 Å². The van der Waals surface area contributed by atoms with Gasteiger partial charge in [-0.1, -0.05) is 35.9 Å². The molecule has 0 radical (unpaired) electrons. The van der Waals surface area contributed by atoms with Gasteiger partial charge in [0.2, 0.25) is 10.0 Å². The summed E-state index contributed by atoms with van der Waals surface area (Å²) < 4.78 is 24.9. The highest BCUT2D eigenvalue weighted by Crippen LogP contribution is 2.21. The van der Waals surface area contributed by atoms with Crippen LogP contribution in [-0.4, -0.2) is 24.1 Å². The average molecular weight is 405 g/mol. The Hall–Kier alpha value is -2.68. The molecule has 1 heterocycles.